The number of ketones is 2. The molecular formula is C10H10O4. The van der Waals surface area contributed by atoms with E-state index in [4.69, 9.17) is 5.11 Å². The number of allylic oxidation sites excluding steroid dienone is 3. The van der Waals surface area contributed by atoms with Gasteiger partial charge < -0.3 is 5.11 Å². The van der Waals surface area contributed by atoms with Crippen molar-refractivity contribution in [2.24, 2.45) is 0 Å². The highest BCUT2D eigenvalue weighted by Gasteiger charge is 2.25. The molecule has 4 heteroatoms. The molecule has 0 amide bonds. The van der Waals surface area contributed by atoms with Gasteiger partial charge in [0.2, 0.25) is 11.6 Å². The number of hydrogen-bond acceptors (Lipinski definition) is 3. The number of rotatable bonds is 3. The van der Waals surface area contributed by atoms with Crippen LogP contribution in [0.3, 0.4) is 0 Å². The molecule has 0 radical (unpaired) electrons. The number of aliphatic carboxylic acids is 1. The van der Waals surface area contributed by atoms with Crippen LogP contribution in [0.25, 0.3) is 0 Å². The van der Waals surface area contributed by atoms with Crippen molar-refractivity contribution in [2.45, 2.75) is 19.3 Å². The van der Waals surface area contributed by atoms with Gasteiger partial charge in [0.05, 0.1) is 0 Å². The minimum Gasteiger partial charge on any atom is -0.481 e. The maximum Gasteiger partial charge on any atom is 0.303 e. The molecule has 0 spiro atoms. The van der Waals surface area contributed by atoms with E-state index in [0.717, 1.165) is 0 Å². The van der Waals surface area contributed by atoms with Crippen molar-refractivity contribution in [1.82, 2.24) is 0 Å². The zero-order valence-corrected chi connectivity index (χ0v) is 7.58. The Morgan fingerprint density at radius 3 is 2.64 bits per heavy atom. The van der Waals surface area contributed by atoms with Crippen LogP contribution in [0.5, 0.6) is 0 Å². The highest BCUT2D eigenvalue weighted by atomic mass is 16.4. The molecule has 1 aliphatic carbocycles. The zero-order chi connectivity index (χ0) is 10.7. The molecule has 0 unspecified atom stereocenters. The van der Waals surface area contributed by atoms with Crippen LogP contribution in [0.2, 0.25) is 0 Å². The third-order valence-corrected chi connectivity index (χ3v) is 2.02. The van der Waals surface area contributed by atoms with Gasteiger partial charge in [-0.3, -0.25) is 14.4 Å². The van der Waals surface area contributed by atoms with E-state index in [1.54, 1.807) is 6.08 Å². The van der Waals surface area contributed by atoms with Gasteiger partial charge in [-0.2, -0.15) is 0 Å². The third kappa shape index (κ3) is 2.16. The molecule has 0 fully saturated rings. The van der Waals surface area contributed by atoms with E-state index in [0.29, 0.717) is 12.0 Å². The van der Waals surface area contributed by atoms with Gasteiger partial charge in [0.25, 0.3) is 0 Å². The second kappa shape index (κ2) is 4.00. The Bertz CT molecular complexity index is 349. The van der Waals surface area contributed by atoms with Crippen molar-refractivity contribution < 1.29 is 19.5 Å². The number of carbonyl (C=O) groups is 3. The van der Waals surface area contributed by atoms with Gasteiger partial charge in [-0.15, -0.1) is 0 Å². The standard InChI is InChI=1S/C10H10O4/c1-6-2-3-7(4-5-8(11)12)10(14)9(6)13/h3H,1-2,4-5H2,(H,11,12). The molecule has 74 valence electrons. The highest BCUT2D eigenvalue weighted by Crippen LogP contribution is 2.18. The number of hydrogen-bond donors (Lipinski definition) is 1. The minimum atomic E-state index is -0.976. The summed E-state index contributed by atoms with van der Waals surface area (Å²) in [5, 5.41) is 8.41. The number of carboxylic acids is 1. The molecule has 1 N–H and O–H groups in total. The molecule has 1 rings (SSSR count). The largest absolute Gasteiger partial charge is 0.481 e. The number of Topliss-reactive ketones (excluding diaryl/α,β-unsaturated/α-hetero) is 2. The van der Waals surface area contributed by atoms with Gasteiger partial charge in [0, 0.05) is 17.6 Å². The Hall–Kier alpha value is -1.71. The Balaban J connectivity index is 2.71. The fraction of sp³-hybridized carbons (Fsp3) is 0.300. The van der Waals surface area contributed by atoms with Crippen LogP contribution >= 0.6 is 0 Å². The first kappa shape index (κ1) is 10.4. The Morgan fingerprint density at radius 1 is 1.43 bits per heavy atom. The lowest BCUT2D eigenvalue weighted by atomic mass is 9.91. The van der Waals surface area contributed by atoms with Crippen molar-refractivity contribution in [2.75, 3.05) is 0 Å². The summed E-state index contributed by atoms with van der Waals surface area (Å²) in [7, 11) is 0. The Kier molecular flexibility index (Phi) is 2.96. The van der Waals surface area contributed by atoms with E-state index >= 15 is 0 Å². The molecule has 0 bridgehead atoms. The van der Waals surface area contributed by atoms with Crippen LogP contribution in [-0.4, -0.2) is 22.6 Å². The average molecular weight is 194 g/mol. The normalized spacial score (nSPS) is 16.9. The molecular weight excluding hydrogens is 184 g/mol. The van der Waals surface area contributed by atoms with E-state index in [1.807, 2.05) is 0 Å². The molecule has 0 aliphatic heterocycles. The van der Waals surface area contributed by atoms with E-state index in [9.17, 15) is 14.4 Å². The van der Waals surface area contributed by atoms with Crippen molar-refractivity contribution in [3.8, 4) is 0 Å². The van der Waals surface area contributed by atoms with Crippen LogP contribution in [0, 0.1) is 0 Å². The fourth-order valence-electron chi connectivity index (χ4n) is 1.20. The summed E-state index contributed by atoms with van der Waals surface area (Å²) in [6, 6.07) is 0. The lowest BCUT2D eigenvalue weighted by Crippen LogP contribution is -2.22. The summed E-state index contributed by atoms with van der Waals surface area (Å²) < 4.78 is 0. The zero-order valence-electron chi connectivity index (χ0n) is 7.58. The smallest absolute Gasteiger partial charge is 0.303 e. The van der Waals surface area contributed by atoms with Crippen molar-refractivity contribution in [1.29, 1.82) is 0 Å². The Labute approximate surface area is 80.9 Å². The van der Waals surface area contributed by atoms with E-state index in [1.165, 1.54) is 0 Å². The SMILES string of the molecule is C=C1CC=C(CCC(=O)O)C(=O)C1=O. The number of carboxylic acid groups (broad SMARTS) is 1. The molecule has 1 aliphatic rings. The quantitative estimate of drug-likeness (QED) is 0.534. The van der Waals surface area contributed by atoms with E-state index < -0.39 is 17.5 Å². The molecule has 0 saturated heterocycles. The van der Waals surface area contributed by atoms with E-state index in [-0.39, 0.29) is 18.4 Å². The summed E-state index contributed by atoms with van der Waals surface area (Å²) in [4.78, 5) is 32.7. The van der Waals surface area contributed by atoms with Gasteiger partial charge in [0.15, 0.2) is 0 Å². The molecule has 0 aromatic rings. The number of carbonyl (C=O) groups excluding carboxylic acids is 2. The molecule has 0 saturated carbocycles. The van der Waals surface area contributed by atoms with Gasteiger partial charge in [-0.1, -0.05) is 12.7 Å². The summed E-state index contributed by atoms with van der Waals surface area (Å²) in [6.07, 6.45) is 1.92. The van der Waals surface area contributed by atoms with E-state index in [2.05, 4.69) is 6.58 Å². The first-order valence-corrected chi connectivity index (χ1v) is 4.20. The van der Waals surface area contributed by atoms with Crippen LogP contribution < -0.4 is 0 Å². The topological polar surface area (TPSA) is 71.4 Å². The lowest BCUT2D eigenvalue weighted by Gasteiger charge is -2.11. The van der Waals surface area contributed by atoms with Gasteiger partial charge in [-0.25, -0.2) is 0 Å². The second-order valence-electron chi connectivity index (χ2n) is 3.09. The second-order valence-corrected chi connectivity index (χ2v) is 3.09. The summed E-state index contributed by atoms with van der Waals surface area (Å²) in [5.74, 6) is -2.18. The van der Waals surface area contributed by atoms with Crippen LogP contribution in [0.1, 0.15) is 19.3 Å². The summed E-state index contributed by atoms with van der Waals surface area (Å²) in [6.45, 7) is 3.44. The predicted octanol–water partition coefficient (Wildman–Crippen LogP) is 0.876. The van der Waals surface area contributed by atoms with Crippen LogP contribution in [0.4, 0.5) is 0 Å². The van der Waals surface area contributed by atoms with Gasteiger partial charge in [0.1, 0.15) is 0 Å². The predicted molar refractivity (Wildman–Crippen MR) is 48.7 cm³/mol. The molecule has 0 heterocycles. The highest BCUT2D eigenvalue weighted by molar-refractivity contribution is 6.49. The van der Waals surface area contributed by atoms with Crippen molar-refractivity contribution in [3.63, 3.8) is 0 Å². The first-order valence-electron chi connectivity index (χ1n) is 4.20. The lowest BCUT2D eigenvalue weighted by molar-refractivity contribution is -0.137. The van der Waals surface area contributed by atoms with Gasteiger partial charge >= 0.3 is 5.97 Å². The van der Waals surface area contributed by atoms with Crippen molar-refractivity contribution >= 4 is 17.5 Å². The minimum absolute atomic E-state index is 0.118. The molecule has 0 aromatic heterocycles. The van der Waals surface area contributed by atoms with Crippen LogP contribution in [0.15, 0.2) is 23.8 Å². The molecule has 14 heavy (non-hydrogen) atoms. The summed E-state index contributed by atoms with van der Waals surface area (Å²) >= 11 is 0. The van der Waals surface area contributed by atoms with Crippen molar-refractivity contribution in [3.05, 3.63) is 23.8 Å². The maximum absolute atomic E-state index is 11.3. The molecule has 0 atom stereocenters. The fourth-order valence-corrected chi connectivity index (χ4v) is 1.20. The van der Waals surface area contributed by atoms with Crippen LogP contribution in [-0.2, 0) is 14.4 Å². The maximum atomic E-state index is 11.3. The van der Waals surface area contributed by atoms with Gasteiger partial charge in [-0.05, 0) is 12.8 Å². The monoisotopic (exact) mass is 194 g/mol. The first-order chi connectivity index (χ1) is 6.52. The third-order valence-electron chi connectivity index (χ3n) is 2.02. The molecule has 4 nitrogen and oxygen atoms in total. The average Bonchev–Trinajstić information content (AvgIpc) is 2.13. The Morgan fingerprint density at radius 2 is 2.07 bits per heavy atom. The summed E-state index contributed by atoms with van der Waals surface area (Å²) in [5.41, 5.74) is 0.568. The molecule has 0 aromatic carbocycles.